The molecular weight excluding hydrogens is 545 g/mol. The van der Waals surface area contributed by atoms with Crippen molar-refractivity contribution in [2.24, 2.45) is 0 Å². The van der Waals surface area contributed by atoms with E-state index in [4.69, 9.17) is 0 Å². The van der Waals surface area contributed by atoms with Crippen LogP contribution in [0.3, 0.4) is 0 Å². The molecule has 0 unspecified atom stereocenters. The first-order valence-electron chi connectivity index (χ1n) is 10.3. The van der Waals surface area contributed by atoms with Crippen LogP contribution in [0, 0.1) is 0 Å². The number of ketones is 1. The van der Waals surface area contributed by atoms with Gasteiger partial charge in [-0.25, -0.2) is 8.42 Å². The van der Waals surface area contributed by atoms with Crippen molar-refractivity contribution < 1.29 is 26.4 Å². The molecule has 0 spiro atoms. The Balaban J connectivity index is 1.82. The van der Waals surface area contributed by atoms with Crippen LogP contribution in [0.4, 0.5) is 13.2 Å². The molecule has 35 heavy (non-hydrogen) atoms. The van der Waals surface area contributed by atoms with Crippen LogP contribution in [0.5, 0.6) is 0 Å². The third-order valence-corrected chi connectivity index (χ3v) is 7.68. The number of carbonyl (C=O) groups excluding carboxylic acids is 1. The Morgan fingerprint density at radius 1 is 0.914 bits per heavy atom. The summed E-state index contributed by atoms with van der Waals surface area (Å²) >= 11 is 3.26. The molecule has 4 rings (SSSR count). The van der Waals surface area contributed by atoms with Gasteiger partial charge < -0.3 is 0 Å². The lowest BCUT2D eigenvalue weighted by atomic mass is 9.94. The van der Waals surface area contributed by atoms with Crippen LogP contribution in [-0.4, -0.2) is 36.6 Å². The van der Waals surface area contributed by atoms with Gasteiger partial charge in [0, 0.05) is 41.1 Å². The zero-order valence-corrected chi connectivity index (χ0v) is 20.4. The molecule has 2 heterocycles. The number of sulfonamides is 1. The summed E-state index contributed by atoms with van der Waals surface area (Å²) in [5.74, 6) is -0.520. The number of hydrogen-bond acceptors (Lipinski definition) is 4. The number of benzene rings is 2. The van der Waals surface area contributed by atoms with Gasteiger partial charge in [0.1, 0.15) is 0 Å². The van der Waals surface area contributed by atoms with E-state index in [1.165, 1.54) is 42.6 Å². The van der Waals surface area contributed by atoms with Gasteiger partial charge in [-0.1, -0.05) is 40.2 Å². The molecule has 1 aliphatic rings. The fourth-order valence-electron chi connectivity index (χ4n) is 3.66. The number of Topliss-reactive ketones (excluding diaryl/α,β-unsaturated/α-hetero) is 1. The number of aromatic nitrogens is 1. The second-order valence-electron chi connectivity index (χ2n) is 7.77. The van der Waals surface area contributed by atoms with Crippen molar-refractivity contribution in [3.05, 3.63) is 105 Å². The SMILES string of the molecule is O=C1/C(=C/c2cccnc2)CN(S(=O)(=O)c2ccc(Br)cc2)C/C1=C\c1ccccc1C(F)(F)F. The molecule has 3 aromatic rings. The van der Waals surface area contributed by atoms with Crippen LogP contribution in [0.15, 0.2) is 93.6 Å². The number of nitrogens with zero attached hydrogens (tertiary/aromatic N) is 2. The van der Waals surface area contributed by atoms with Crippen LogP contribution in [0.1, 0.15) is 16.7 Å². The molecule has 0 bridgehead atoms. The third kappa shape index (κ3) is 5.61. The van der Waals surface area contributed by atoms with Gasteiger partial charge in [0.2, 0.25) is 10.0 Å². The number of carbonyl (C=O) groups is 1. The maximum Gasteiger partial charge on any atom is 0.416 e. The van der Waals surface area contributed by atoms with E-state index in [1.807, 2.05) is 0 Å². The van der Waals surface area contributed by atoms with Gasteiger partial charge in [-0.2, -0.15) is 17.5 Å². The van der Waals surface area contributed by atoms with Crippen molar-refractivity contribution in [3.8, 4) is 0 Å². The van der Waals surface area contributed by atoms with Gasteiger partial charge >= 0.3 is 6.18 Å². The molecule has 180 valence electrons. The molecule has 1 aliphatic heterocycles. The van der Waals surface area contributed by atoms with Gasteiger partial charge in [-0.05, 0) is 59.7 Å². The Morgan fingerprint density at radius 2 is 1.57 bits per heavy atom. The molecule has 2 aromatic carbocycles. The summed E-state index contributed by atoms with van der Waals surface area (Å²) in [6.07, 6.45) is 1.04. The van der Waals surface area contributed by atoms with E-state index in [-0.39, 0.29) is 34.7 Å². The van der Waals surface area contributed by atoms with Gasteiger partial charge in [0.15, 0.2) is 5.78 Å². The van der Waals surface area contributed by atoms with E-state index in [0.29, 0.717) is 10.0 Å². The second kappa shape index (κ2) is 9.88. The fourth-order valence-corrected chi connectivity index (χ4v) is 5.33. The zero-order chi connectivity index (χ0) is 25.2. The lowest BCUT2D eigenvalue weighted by Gasteiger charge is -2.29. The van der Waals surface area contributed by atoms with Gasteiger partial charge in [0.25, 0.3) is 0 Å². The van der Waals surface area contributed by atoms with Crippen molar-refractivity contribution in [1.29, 1.82) is 0 Å². The van der Waals surface area contributed by atoms with Gasteiger partial charge in [0.05, 0.1) is 10.5 Å². The van der Waals surface area contributed by atoms with Crippen LogP contribution >= 0.6 is 15.9 Å². The first-order valence-corrected chi connectivity index (χ1v) is 12.6. The second-order valence-corrected chi connectivity index (χ2v) is 10.6. The molecule has 1 fully saturated rings. The van der Waals surface area contributed by atoms with Crippen LogP contribution in [-0.2, 0) is 21.0 Å². The van der Waals surface area contributed by atoms with E-state index in [1.54, 1.807) is 30.5 Å². The predicted molar refractivity (Wildman–Crippen MR) is 130 cm³/mol. The molecule has 0 amide bonds. The Hall–Kier alpha value is -3.08. The summed E-state index contributed by atoms with van der Waals surface area (Å²) in [6.45, 7) is -0.599. The molecule has 0 atom stereocenters. The number of rotatable bonds is 4. The lowest BCUT2D eigenvalue weighted by molar-refractivity contribution is -0.137. The minimum Gasteiger partial charge on any atom is -0.289 e. The Kier molecular flexibility index (Phi) is 7.07. The average molecular weight is 563 g/mol. The van der Waals surface area contributed by atoms with E-state index < -0.39 is 27.5 Å². The minimum absolute atomic E-state index is 0.00539. The highest BCUT2D eigenvalue weighted by molar-refractivity contribution is 9.10. The molecule has 0 aliphatic carbocycles. The van der Waals surface area contributed by atoms with Crippen molar-refractivity contribution in [2.45, 2.75) is 11.1 Å². The van der Waals surface area contributed by atoms with E-state index in [0.717, 1.165) is 16.4 Å². The smallest absolute Gasteiger partial charge is 0.289 e. The molecule has 1 aromatic heterocycles. The van der Waals surface area contributed by atoms with E-state index in [9.17, 15) is 26.4 Å². The Labute approximate surface area is 208 Å². The van der Waals surface area contributed by atoms with Crippen LogP contribution < -0.4 is 0 Å². The number of hydrogen-bond donors (Lipinski definition) is 0. The minimum atomic E-state index is -4.64. The number of piperidine rings is 1. The zero-order valence-electron chi connectivity index (χ0n) is 18.0. The van der Waals surface area contributed by atoms with Crippen molar-refractivity contribution in [2.75, 3.05) is 13.1 Å². The van der Waals surface area contributed by atoms with E-state index in [2.05, 4.69) is 20.9 Å². The molecule has 1 saturated heterocycles. The standard InChI is InChI=1S/C25H18BrF3N2O3S/c26-21-7-9-22(10-8-21)35(33,34)31-15-19(12-17-4-3-11-30-14-17)24(32)20(16-31)13-18-5-1-2-6-23(18)25(27,28)29/h1-14H,15-16H2/b19-12+,20-13+. The monoisotopic (exact) mass is 562 g/mol. The fraction of sp³-hybridized carbons (Fsp3) is 0.120. The average Bonchev–Trinajstić information content (AvgIpc) is 2.82. The lowest BCUT2D eigenvalue weighted by Crippen LogP contribution is -2.41. The largest absolute Gasteiger partial charge is 0.416 e. The highest BCUT2D eigenvalue weighted by Gasteiger charge is 2.36. The maximum absolute atomic E-state index is 13.5. The summed E-state index contributed by atoms with van der Waals surface area (Å²) in [6, 6.07) is 14.2. The number of alkyl halides is 3. The van der Waals surface area contributed by atoms with Crippen LogP contribution in [0.25, 0.3) is 12.2 Å². The maximum atomic E-state index is 13.5. The Morgan fingerprint density at radius 3 is 2.20 bits per heavy atom. The predicted octanol–water partition coefficient (Wildman–Crippen LogP) is 5.60. The first kappa shape index (κ1) is 25.0. The number of pyridine rings is 1. The summed E-state index contributed by atoms with van der Waals surface area (Å²) in [5.41, 5.74) is -0.504. The summed E-state index contributed by atoms with van der Waals surface area (Å²) in [5, 5.41) is 0. The van der Waals surface area contributed by atoms with Gasteiger partial charge in [-0.3, -0.25) is 9.78 Å². The summed E-state index contributed by atoms with van der Waals surface area (Å²) in [7, 11) is -4.05. The normalized spacial score (nSPS) is 17.8. The summed E-state index contributed by atoms with van der Waals surface area (Å²) in [4.78, 5) is 17.3. The van der Waals surface area contributed by atoms with Crippen LogP contribution in [0.2, 0.25) is 0 Å². The van der Waals surface area contributed by atoms with E-state index >= 15 is 0 Å². The van der Waals surface area contributed by atoms with Crippen molar-refractivity contribution in [3.63, 3.8) is 0 Å². The highest BCUT2D eigenvalue weighted by Crippen LogP contribution is 2.34. The first-order chi connectivity index (χ1) is 16.6. The highest BCUT2D eigenvalue weighted by atomic mass is 79.9. The molecule has 0 radical (unpaired) electrons. The van der Waals surface area contributed by atoms with Crippen molar-refractivity contribution in [1.82, 2.24) is 9.29 Å². The Bertz CT molecular complexity index is 1420. The quantitative estimate of drug-likeness (QED) is 0.388. The van der Waals surface area contributed by atoms with Crippen molar-refractivity contribution >= 4 is 43.9 Å². The number of halogens is 4. The molecule has 0 N–H and O–H groups in total. The molecule has 0 saturated carbocycles. The third-order valence-electron chi connectivity index (χ3n) is 5.35. The summed E-state index contributed by atoms with van der Waals surface area (Å²) < 4.78 is 69.2. The molecule has 10 heteroatoms. The van der Waals surface area contributed by atoms with Gasteiger partial charge in [-0.15, -0.1) is 0 Å². The topological polar surface area (TPSA) is 67.3 Å². The molecule has 5 nitrogen and oxygen atoms in total. The molecular formula is C25H18BrF3N2O3S.